The van der Waals surface area contributed by atoms with E-state index in [2.05, 4.69) is 5.16 Å². The average Bonchev–Trinajstić information content (AvgIpc) is 3.22. The number of halogens is 1. The molecule has 0 aliphatic heterocycles. The van der Waals surface area contributed by atoms with Crippen LogP contribution in [0, 0.1) is 0 Å². The summed E-state index contributed by atoms with van der Waals surface area (Å²) in [7, 11) is 1.61. The summed E-state index contributed by atoms with van der Waals surface area (Å²) in [6.45, 7) is 1.43. The number of amides is 1. The molecule has 1 heterocycles. The summed E-state index contributed by atoms with van der Waals surface area (Å²) in [6.07, 6.45) is 3.47. The number of nitrogens with zero attached hydrogens (tertiary/aromatic N) is 2. The van der Waals surface area contributed by atoms with Gasteiger partial charge in [-0.1, -0.05) is 16.8 Å². The lowest BCUT2D eigenvalue weighted by Gasteiger charge is -2.18. The van der Waals surface area contributed by atoms with Gasteiger partial charge in [-0.3, -0.25) is 9.59 Å². The Morgan fingerprint density at radius 1 is 1.32 bits per heavy atom. The molecule has 5 nitrogen and oxygen atoms in total. The molecule has 0 bridgehead atoms. The van der Waals surface area contributed by atoms with Crippen molar-refractivity contribution in [1.29, 1.82) is 0 Å². The van der Waals surface area contributed by atoms with Crippen molar-refractivity contribution >= 4 is 29.0 Å². The second kappa shape index (κ2) is 5.57. The zero-order valence-corrected chi connectivity index (χ0v) is 13.1. The normalized spacial score (nSPS) is 14.0. The van der Waals surface area contributed by atoms with Crippen molar-refractivity contribution in [1.82, 2.24) is 5.16 Å². The van der Waals surface area contributed by atoms with Crippen LogP contribution in [0.3, 0.4) is 0 Å². The molecule has 0 radical (unpaired) electrons. The van der Waals surface area contributed by atoms with E-state index < -0.39 is 0 Å². The minimum Gasteiger partial charge on any atom is -0.360 e. The highest BCUT2D eigenvalue weighted by Crippen LogP contribution is 2.42. The predicted molar refractivity (Wildman–Crippen MR) is 82.4 cm³/mol. The van der Waals surface area contributed by atoms with Crippen molar-refractivity contribution < 1.29 is 14.1 Å². The molecule has 22 heavy (non-hydrogen) atoms. The number of ketones is 1. The van der Waals surface area contributed by atoms with E-state index in [-0.39, 0.29) is 17.6 Å². The molecule has 114 valence electrons. The molecular formula is C16H15ClN2O3. The van der Waals surface area contributed by atoms with Crippen LogP contribution in [0.4, 0.5) is 5.69 Å². The van der Waals surface area contributed by atoms with E-state index in [4.69, 9.17) is 16.1 Å². The van der Waals surface area contributed by atoms with Gasteiger partial charge in [-0.25, -0.2) is 0 Å². The largest absolute Gasteiger partial charge is 0.360 e. The molecule has 1 amide bonds. The highest BCUT2D eigenvalue weighted by atomic mass is 35.5. The van der Waals surface area contributed by atoms with Crippen LogP contribution in [-0.4, -0.2) is 23.9 Å². The monoisotopic (exact) mass is 318 g/mol. The van der Waals surface area contributed by atoms with Gasteiger partial charge in [-0.15, -0.1) is 0 Å². The van der Waals surface area contributed by atoms with Gasteiger partial charge >= 0.3 is 0 Å². The zero-order valence-electron chi connectivity index (χ0n) is 12.3. The van der Waals surface area contributed by atoms with Crippen LogP contribution in [0.15, 0.2) is 28.9 Å². The molecule has 6 heteroatoms. The lowest BCUT2D eigenvalue weighted by molar-refractivity contribution is -0.116. The zero-order chi connectivity index (χ0) is 15.9. The highest BCUT2D eigenvalue weighted by Gasteiger charge is 2.33. The topological polar surface area (TPSA) is 63.4 Å². The minimum absolute atomic E-state index is 0.177. The molecule has 1 fully saturated rings. The maximum Gasteiger partial charge on any atom is 0.223 e. The summed E-state index contributed by atoms with van der Waals surface area (Å²) in [5.74, 6) is 0.533. The van der Waals surface area contributed by atoms with Gasteiger partial charge < -0.3 is 9.42 Å². The lowest BCUT2D eigenvalue weighted by Crippen LogP contribution is -2.25. The molecule has 1 aliphatic rings. The Hall–Kier alpha value is -2.14. The fourth-order valence-electron chi connectivity index (χ4n) is 2.35. The third kappa shape index (κ3) is 2.64. The van der Waals surface area contributed by atoms with E-state index in [1.54, 1.807) is 25.2 Å². The Balaban J connectivity index is 2.05. The standard InChI is InChI=1S/C16H15ClN2O3/c1-9(20)19(2)14-7-11(17)5-6-12(14)15(21)13-8-18-22-16(13)10-3-4-10/h5-8,10H,3-4H2,1-2H3. The maximum atomic E-state index is 12.8. The van der Waals surface area contributed by atoms with Crippen LogP contribution in [0.2, 0.25) is 5.02 Å². The molecular weight excluding hydrogens is 304 g/mol. The number of aromatic nitrogens is 1. The van der Waals surface area contributed by atoms with E-state index in [0.29, 0.717) is 27.6 Å². The molecule has 0 saturated heterocycles. The first kappa shape index (κ1) is 14.8. The summed E-state index contributed by atoms with van der Waals surface area (Å²) in [6, 6.07) is 4.88. The number of rotatable bonds is 4. The molecule has 0 unspecified atom stereocenters. The first-order valence-corrected chi connectivity index (χ1v) is 7.40. The Morgan fingerprint density at radius 3 is 2.68 bits per heavy atom. The smallest absolute Gasteiger partial charge is 0.223 e. The molecule has 2 aromatic rings. The van der Waals surface area contributed by atoms with Crippen molar-refractivity contribution in [3.05, 3.63) is 46.3 Å². The Labute approximate surface area is 132 Å². The Bertz CT molecular complexity index is 750. The van der Waals surface area contributed by atoms with Gasteiger partial charge in [0, 0.05) is 30.5 Å². The predicted octanol–water partition coefficient (Wildman–Crippen LogP) is 3.42. The van der Waals surface area contributed by atoms with Gasteiger partial charge in [0.25, 0.3) is 0 Å². The van der Waals surface area contributed by atoms with Crippen molar-refractivity contribution in [2.24, 2.45) is 0 Å². The van der Waals surface area contributed by atoms with Crippen LogP contribution >= 0.6 is 11.6 Å². The summed E-state index contributed by atoms with van der Waals surface area (Å²) in [5, 5.41) is 4.22. The lowest BCUT2D eigenvalue weighted by atomic mass is 10.0. The van der Waals surface area contributed by atoms with Gasteiger partial charge in [-0.05, 0) is 31.0 Å². The third-order valence-corrected chi connectivity index (χ3v) is 4.06. The number of anilines is 1. The number of carbonyl (C=O) groups is 2. The maximum absolute atomic E-state index is 12.8. The van der Waals surface area contributed by atoms with E-state index in [1.165, 1.54) is 18.0 Å². The quantitative estimate of drug-likeness (QED) is 0.810. The molecule has 1 aromatic heterocycles. The number of hydrogen-bond acceptors (Lipinski definition) is 4. The molecule has 1 saturated carbocycles. The second-order valence-electron chi connectivity index (χ2n) is 5.45. The number of hydrogen-bond donors (Lipinski definition) is 0. The second-order valence-corrected chi connectivity index (χ2v) is 5.88. The number of benzene rings is 1. The summed E-state index contributed by atoms with van der Waals surface area (Å²) in [5.41, 5.74) is 1.35. The highest BCUT2D eigenvalue weighted by molar-refractivity contribution is 6.31. The average molecular weight is 319 g/mol. The van der Waals surface area contributed by atoms with Crippen LogP contribution in [0.25, 0.3) is 0 Å². The van der Waals surface area contributed by atoms with Gasteiger partial charge in [0.2, 0.25) is 5.91 Å². The summed E-state index contributed by atoms with van der Waals surface area (Å²) in [4.78, 5) is 25.9. The Morgan fingerprint density at radius 2 is 2.05 bits per heavy atom. The molecule has 0 atom stereocenters. The van der Waals surface area contributed by atoms with Gasteiger partial charge in [-0.2, -0.15) is 0 Å². The first-order chi connectivity index (χ1) is 10.5. The van der Waals surface area contributed by atoms with Crippen molar-refractivity contribution in [3.8, 4) is 0 Å². The Kier molecular flexibility index (Phi) is 3.74. The molecule has 0 spiro atoms. The SMILES string of the molecule is CC(=O)N(C)c1cc(Cl)ccc1C(=O)c1cnoc1C1CC1. The van der Waals surface area contributed by atoms with Gasteiger partial charge in [0.1, 0.15) is 0 Å². The van der Waals surface area contributed by atoms with E-state index in [1.807, 2.05) is 0 Å². The third-order valence-electron chi connectivity index (χ3n) is 3.83. The molecule has 0 N–H and O–H groups in total. The molecule has 3 rings (SSSR count). The fraction of sp³-hybridized carbons (Fsp3) is 0.312. The number of carbonyl (C=O) groups excluding carboxylic acids is 2. The van der Waals surface area contributed by atoms with Crippen molar-refractivity contribution in [3.63, 3.8) is 0 Å². The van der Waals surface area contributed by atoms with Crippen LogP contribution in [0.1, 0.15) is 47.4 Å². The molecule has 1 aromatic carbocycles. The molecule has 1 aliphatic carbocycles. The van der Waals surface area contributed by atoms with Gasteiger partial charge in [0.15, 0.2) is 11.5 Å². The minimum atomic E-state index is -0.206. The van der Waals surface area contributed by atoms with E-state index >= 15 is 0 Å². The first-order valence-electron chi connectivity index (χ1n) is 7.02. The van der Waals surface area contributed by atoms with Crippen LogP contribution in [-0.2, 0) is 4.79 Å². The van der Waals surface area contributed by atoms with Crippen molar-refractivity contribution in [2.45, 2.75) is 25.7 Å². The van der Waals surface area contributed by atoms with Gasteiger partial charge in [0.05, 0.1) is 17.4 Å². The van der Waals surface area contributed by atoms with E-state index in [0.717, 1.165) is 12.8 Å². The summed E-state index contributed by atoms with van der Waals surface area (Å²) < 4.78 is 5.23. The van der Waals surface area contributed by atoms with E-state index in [9.17, 15) is 9.59 Å². The van der Waals surface area contributed by atoms with Crippen LogP contribution < -0.4 is 4.90 Å². The summed E-state index contributed by atoms with van der Waals surface area (Å²) >= 11 is 6.01. The fourth-order valence-corrected chi connectivity index (χ4v) is 2.51. The van der Waals surface area contributed by atoms with Crippen molar-refractivity contribution in [2.75, 3.05) is 11.9 Å². The van der Waals surface area contributed by atoms with Crippen LogP contribution in [0.5, 0.6) is 0 Å².